The van der Waals surface area contributed by atoms with Gasteiger partial charge in [-0.25, -0.2) is 0 Å². The summed E-state index contributed by atoms with van der Waals surface area (Å²) < 4.78 is 91.9. The lowest BCUT2D eigenvalue weighted by atomic mass is 11.2. The minimum absolute atomic E-state index is 0.794. The summed E-state index contributed by atoms with van der Waals surface area (Å²) in [5, 5.41) is 0. The van der Waals surface area contributed by atoms with Crippen LogP contribution in [0.3, 0.4) is 0 Å². The minimum atomic E-state index is -5.42. The Morgan fingerprint density at radius 1 is 0.867 bits per heavy atom. The second-order valence-electron chi connectivity index (χ2n) is 2.27. The fraction of sp³-hybridized carbons (Fsp3) is 1.00. The summed E-state index contributed by atoms with van der Waals surface area (Å²) in [6.07, 6.45) is 0. The summed E-state index contributed by atoms with van der Waals surface area (Å²) in [5.41, 5.74) is 0. The van der Waals surface area contributed by atoms with E-state index in [0.29, 0.717) is 0 Å². The van der Waals surface area contributed by atoms with Gasteiger partial charge in [0.05, 0.1) is 0 Å². The molecule has 8 nitrogen and oxygen atoms in total. The molecule has 0 amide bonds. The molecule has 0 rings (SSSR count). The van der Waals surface area contributed by atoms with Crippen molar-refractivity contribution < 1.29 is 37.6 Å². The van der Waals surface area contributed by atoms with E-state index in [-0.39, 0.29) is 0 Å². The highest BCUT2D eigenvalue weighted by Gasteiger charge is 2.30. The monoisotopic (exact) mass is 289 g/mol. The predicted octanol–water partition coefficient (Wildman–Crippen LogP) is -1.40. The molecule has 0 saturated carbocycles. The van der Waals surface area contributed by atoms with Crippen LogP contribution in [0, 0.1) is 0 Å². The highest BCUT2D eigenvalue weighted by atomic mass is 32.3. The molecule has 0 heterocycles. The second-order valence-corrected chi connectivity index (χ2v) is 6.35. The molecular weight excluding hydrogens is 284 g/mol. The predicted molar refractivity (Wildman–Crippen MR) is 43.2 cm³/mol. The van der Waals surface area contributed by atoms with Crippen LogP contribution in [0.5, 0.6) is 0 Å². The van der Waals surface area contributed by atoms with Crippen molar-refractivity contribution in [1.29, 1.82) is 0 Å². The van der Waals surface area contributed by atoms with Crippen molar-refractivity contribution in [3.05, 3.63) is 0 Å². The molecule has 0 radical (unpaired) electrons. The molecule has 0 saturated heterocycles. The van der Waals surface area contributed by atoms with Gasteiger partial charge in [-0.3, -0.25) is 4.55 Å². The Morgan fingerprint density at radius 3 is 1.27 bits per heavy atom. The van der Waals surface area contributed by atoms with Crippen molar-refractivity contribution in [2.75, 3.05) is 11.8 Å². The minimum Gasteiger partial charge on any atom is -0.273 e. The maximum absolute atomic E-state index is 12.0. The standard InChI is InChI=1S/C2H5F2NO7S3/c3-13(6,7)1-5(15(10,11)12)2-14(4,8)9/h1-2H2,(H,10,11,12). The van der Waals surface area contributed by atoms with E-state index in [4.69, 9.17) is 4.55 Å². The number of nitrogens with zero attached hydrogens (tertiary/aromatic N) is 1. The van der Waals surface area contributed by atoms with E-state index >= 15 is 0 Å². The topological polar surface area (TPSA) is 126 Å². The van der Waals surface area contributed by atoms with Crippen molar-refractivity contribution in [3.63, 3.8) is 0 Å². The van der Waals surface area contributed by atoms with E-state index in [1.807, 2.05) is 0 Å². The van der Waals surface area contributed by atoms with E-state index in [2.05, 4.69) is 0 Å². The lowest BCUT2D eigenvalue weighted by molar-refractivity contribution is 0.387. The number of rotatable bonds is 5. The van der Waals surface area contributed by atoms with E-state index in [1.165, 1.54) is 0 Å². The maximum atomic E-state index is 12.0. The zero-order chi connectivity index (χ0) is 12.5. The summed E-state index contributed by atoms with van der Waals surface area (Å²) in [7, 11) is -16.2. The molecule has 0 aliphatic heterocycles. The first-order valence-electron chi connectivity index (χ1n) is 2.88. The summed E-state index contributed by atoms with van der Waals surface area (Å²) in [6.45, 7) is 0. The van der Waals surface area contributed by atoms with E-state index in [1.54, 1.807) is 0 Å². The molecule has 0 aromatic carbocycles. The van der Waals surface area contributed by atoms with Gasteiger partial charge in [0.25, 0.3) is 0 Å². The molecule has 0 aliphatic rings. The van der Waals surface area contributed by atoms with Crippen LogP contribution in [-0.4, -0.2) is 45.9 Å². The Balaban J connectivity index is 5.12. The molecule has 0 aliphatic carbocycles. The number of halogens is 2. The first-order chi connectivity index (χ1) is 6.31. The van der Waals surface area contributed by atoms with Gasteiger partial charge in [0.1, 0.15) is 11.8 Å². The Hall–Kier alpha value is -0.370. The van der Waals surface area contributed by atoms with Crippen LogP contribution in [0.15, 0.2) is 0 Å². The smallest absolute Gasteiger partial charge is 0.273 e. The lowest BCUT2D eigenvalue weighted by Gasteiger charge is -2.12. The zero-order valence-corrected chi connectivity index (χ0v) is 9.19. The highest BCUT2D eigenvalue weighted by Crippen LogP contribution is 2.06. The molecule has 0 spiro atoms. The first kappa shape index (κ1) is 14.6. The molecule has 0 unspecified atom stereocenters. The first-order valence-corrected chi connectivity index (χ1v) is 7.39. The second kappa shape index (κ2) is 4.25. The van der Waals surface area contributed by atoms with Crippen LogP contribution < -0.4 is 0 Å². The SMILES string of the molecule is O=S(=O)(F)CN(CS(=O)(=O)F)S(=O)(=O)O. The van der Waals surface area contributed by atoms with E-state index in [0.717, 1.165) is 0 Å². The third-order valence-corrected chi connectivity index (χ3v) is 3.40. The Labute approximate surface area is 84.8 Å². The summed E-state index contributed by atoms with van der Waals surface area (Å²) in [5.74, 6) is -3.98. The van der Waals surface area contributed by atoms with Crippen LogP contribution in [0.1, 0.15) is 0 Å². The van der Waals surface area contributed by atoms with Crippen LogP contribution in [0.2, 0.25) is 0 Å². The molecule has 15 heavy (non-hydrogen) atoms. The summed E-state index contributed by atoms with van der Waals surface area (Å²) in [6, 6.07) is 0. The van der Waals surface area contributed by atoms with Crippen molar-refractivity contribution in [3.8, 4) is 0 Å². The van der Waals surface area contributed by atoms with Crippen molar-refractivity contribution in [1.82, 2.24) is 4.31 Å². The van der Waals surface area contributed by atoms with Crippen molar-refractivity contribution in [2.45, 2.75) is 0 Å². The fourth-order valence-electron chi connectivity index (χ4n) is 0.514. The number of hydrogen-bond acceptors (Lipinski definition) is 6. The van der Waals surface area contributed by atoms with Crippen LogP contribution in [0.25, 0.3) is 0 Å². The Bertz CT molecular complexity index is 483. The van der Waals surface area contributed by atoms with E-state index in [9.17, 15) is 33.0 Å². The van der Waals surface area contributed by atoms with Gasteiger partial charge in [0, 0.05) is 0 Å². The van der Waals surface area contributed by atoms with Gasteiger partial charge in [-0.2, -0.15) is 25.3 Å². The van der Waals surface area contributed by atoms with Crippen molar-refractivity contribution >= 4 is 30.8 Å². The Kier molecular flexibility index (Phi) is 4.14. The fourth-order valence-corrected chi connectivity index (χ4v) is 3.32. The van der Waals surface area contributed by atoms with Crippen LogP contribution >= 0.6 is 0 Å². The molecule has 0 fully saturated rings. The number of hydrogen-bond donors (Lipinski definition) is 1. The van der Waals surface area contributed by atoms with Crippen LogP contribution in [-0.2, 0) is 30.8 Å². The summed E-state index contributed by atoms with van der Waals surface area (Å²) >= 11 is 0. The normalized spacial score (nSPS) is 14.4. The molecule has 92 valence electrons. The zero-order valence-electron chi connectivity index (χ0n) is 6.74. The molecule has 0 aromatic heterocycles. The Morgan fingerprint density at radius 2 is 1.13 bits per heavy atom. The molecule has 1 N–H and O–H groups in total. The largest absolute Gasteiger partial charge is 0.337 e. The van der Waals surface area contributed by atoms with Crippen molar-refractivity contribution in [2.24, 2.45) is 0 Å². The van der Waals surface area contributed by atoms with Gasteiger partial charge in [-0.1, -0.05) is 0 Å². The lowest BCUT2D eigenvalue weighted by Crippen LogP contribution is -2.37. The van der Waals surface area contributed by atoms with E-state index < -0.39 is 46.8 Å². The molecular formula is C2H5F2NO7S3. The molecule has 0 aromatic rings. The quantitative estimate of drug-likeness (QED) is 0.487. The maximum Gasteiger partial charge on any atom is 0.337 e. The average Bonchev–Trinajstić information content (AvgIpc) is 1.75. The van der Waals surface area contributed by atoms with Gasteiger partial charge in [0.2, 0.25) is 0 Å². The highest BCUT2D eigenvalue weighted by molar-refractivity contribution is 7.90. The van der Waals surface area contributed by atoms with Gasteiger partial charge >= 0.3 is 30.8 Å². The van der Waals surface area contributed by atoms with Gasteiger partial charge in [0.15, 0.2) is 0 Å². The van der Waals surface area contributed by atoms with Gasteiger partial charge in [-0.15, -0.1) is 12.1 Å². The molecule has 0 bridgehead atoms. The average molecular weight is 289 g/mol. The third kappa shape index (κ3) is 7.55. The third-order valence-electron chi connectivity index (χ3n) is 0.923. The van der Waals surface area contributed by atoms with Crippen LogP contribution in [0.4, 0.5) is 7.77 Å². The molecule has 0 atom stereocenters. The molecule has 13 heteroatoms. The summed E-state index contributed by atoms with van der Waals surface area (Å²) in [4.78, 5) is 0. The van der Waals surface area contributed by atoms with Gasteiger partial charge in [-0.05, 0) is 0 Å². The van der Waals surface area contributed by atoms with Gasteiger partial charge < -0.3 is 0 Å².